The van der Waals surface area contributed by atoms with Crippen LogP contribution in [0.15, 0.2) is 0 Å². The number of hydrogen-bond donors (Lipinski definition) is 1. The summed E-state index contributed by atoms with van der Waals surface area (Å²) in [5, 5.41) is 3.43. The van der Waals surface area contributed by atoms with Crippen LogP contribution >= 0.6 is 0 Å². The molecule has 2 unspecified atom stereocenters. The van der Waals surface area contributed by atoms with Gasteiger partial charge < -0.3 is 15.1 Å². The van der Waals surface area contributed by atoms with E-state index in [1.807, 2.05) is 0 Å². The van der Waals surface area contributed by atoms with Crippen molar-refractivity contribution in [1.82, 2.24) is 15.1 Å². The van der Waals surface area contributed by atoms with Crippen LogP contribution < -0.4 is 5.32 Å². The zero-order valence-corrected chi connectivity index (χ0v) is 11.9. The standard InChI is InChI=1S/C15H27N3O/c19-15(10-14-4-3-6-16-14)18-9-5-13(12-18)11-17-7-1-2-8-17/h13-14,16H,1-12H2. The van der Waals surface area contributed by atoms with E-state index in [-0.39, 0.29) is 0 Å². The van der Waals surface area contributed by atoms with Crippen molar-refractivity contribution in [3.05, 3.63) is 0 Å². The van der Waals surface area contributed by atoms with Crippen molar-refractivity contribution in [2.45, 2.75) is 44.6 Å². The summed E-state index contributed by atoms with van der Waals surface area (Å²) in [7, 11) is 0. The molecular formula is C15H27N3O. The van der Waals surface area contributed by atoms with Gasteiger partial charge in [0.05, 0.1) is 0 Å². The Morgan fingerprint density at radius 3 is 2.68 bits per heavy atom. The first-order valence-electron chi connectivity index (χ1n) is 8.05. The Hall–Kier alpha value is -0.610. The number of amides is 1. The maximum absolute atomic E-state index is 12.3. The third-order valence-corrected chi connectivity index (χ3v) is 4.94. The topological polar surface area (TPSA) is 35.6 Å². The average molecular weight is 265 g/mol. The lowest BCUT2D eigenvalue weighted by molar-refractivity contribution is -0.130. The third-order valence-electron chi connectivity index (χ3n) is 4.94. The molecule has 3 fully saturated rings. The Kier molecular flexibility index (Phi) is 4.38. The molecule has 0 saturated carbocycles. The molecule has 3 heterocycles. The zero-order valence-electron chi connectivity index (χ0n) is 11.9. The summed E-state index contributed by atoms with van der Waals surface area (Å²) in [5.74, 6) is 1.10. The van der Waals surface area contributed by atoms with Gasteiger partial charge in [0.1, 0.15) is 0 Å². The lowest BCUT2D eigenvalue weighted by atomic mass is 10.1. The predicted octanol–water partition coefficient (Wildman–Crippen LogP) is 1.07. The van der Waals surface area contributed by atoms with Crippen LogP contribution in [-0.4, -0.2) is 61.0 Å². The Labute approximate surface area is 116 Å². The van der Waals surface area contributed by atoms with E-state index < -0.39 is 0 Å². The number of hydrogen-bond acceptors (Lipinski definition) is 3. The summed E-state index contributed by atoms with van der Waals surface area (Å²) in [6.07, 6.45) is 7.06. The van der Waals surface area contributed by atoms with Crippen LogP contribution in [0, 0.1) is 5.92 Å². The second kappa shape index (κ2) is 6.23. The molecule has 1 N–H and O–H groups in total. The van der Waals surface area contributed by atoms with E-state index in [0.29, 0.717) is 11.9 Å². The fraction of sp³-hybridized carbons (Fsp3) is 0.933. The van der Waals surface area contributed by atoms with Gasteiger partial charge in [-0.15, -0.1) is 0 Å². The third kappa shape index (κ3) is 3.48. The molecule has 3 rings (SSSR count). The van der Waals surface area contributed by atoms with Crippen molar-refractivity contribution in [1.29, 1.82) is 0 Å². The lowest BCUT2D eigenvalue weighted by Gasteiger charge is -2.21. The van der Waals surface area contributed by atoms with Crippen LogP contribution in [0.3, 0.4) is 0 Å². The number of rotatable bonds is 4. The Morgan fingerprint density at radius 1 is 1.11 bits per heavy atom. The SMILES string of the molecule is O=C(CC1CCCN1)N1CCC(CN2CCCC2)C1. The molecule has 3 aliphatic heterocycles. The van der Waals surface area contributed by atoms with E-state index in [1.54, 1.807) is 0 Å². The molecule has 108 valence electrons. The molecule has 2 atom stereocenters. The summed E-state index contributed by atoms with van der Waals surface area (Å²) in [6, 6.07) is 0.449. The molecule has 0 radical (unpaired) electrons. The van der Waals surface area contributed by atoms with Gasteiger partial charge in [0.2, 0.25) is 5.91 Å². The molecule has 1 amide bonds. The van der Waals surface area contributed by atoms with Crippen LogP contribution in [0.25, 0.3) is 0 Å². The molecule has 0 aromatic carbocycles. The summed E-state index contributed by atoms with van der Waals surface area (Å²) in [5.41, 5.74) is 0. The molecule has 3 saturated heterocycles. The van der Waals surface area contributed by atoms with Gasteiger partial charge in [-0.1, -0.05) is 0 Å². The minimum Gasteiger partial charge on any atom is -0.342 e. The number of carbonyl (C=O) groups is 1. The van der Waals surface area contributed by atoms with Gasteiger partial charge in [0.15, 0.2) is 0 Å². The Morgan fingerprint density at radius 2 is 1.95 bits per heavy atom. The van der Waals surface area contributed by atoms with Crippen molar-refractivity contribution < 1.29 is 4.79 Å². The summed E-state index contributed by atoms with van der Waals surface area (Å²) in [6.45, 7) is 6.85. The van der Waals surface area contributed by atoms with Gasteiger partial charge in [-0.05, 0) is 57.7 Å². The molecular weight excluding hydrogens is 238 g/mol. The van der Waals surface area contributed by atoms with Crippen LogP contribution in [-0.2, 0) is 4.79 Å². The second-order valence-corrected chi connectivity index (χ2v) is 6.50. The van der Waals surface area contributed by atoms with Crippen molar-refractivity contribution in [3.8, 4) is 0 Å². The normalized spacial score (nSPS) is 32.3. The summed E-state index contributed by atoms with van der Waals surface area (Å²) < 4.78 is 0. The van der Waals surface area contributed by atoms with Gasteiger partial charge in [0, 0.05) is 32.1 Å². The number of nitrogens with one attached hydrogen (secondary N) is 1. The summed E-state index contributed by atoms with van der Waals surface area (Å²) >= 11 is 0. The molecule has 0 aromatic rings. The first-order valence-corrected chi connectivity index (χ1v) is 8.05. The van der Waals surface area contributed by atoms with Gasteiger partial charge in [-0.25, -0.2) is 0 Å². The minimum atomic E-state index is 0.378. The first-order chi connectivity index (χ1) is 9.31. The van der Waals surface area contributed by atoms with Gasteiger partial charge in [-0.2, -0.15) is 0 Å². The molecule has 3 aliphatic rings. The quantitative estimate of drug-likeness (QED) is 0.826. The Balaban J connectivity index is 1.41. The first kappa shape index (κ1) is 13.4. The zero-order chi connectivity index (χ0) is 13.1. The van der Waals surface area contributed by atoms with E-state index in [2.05, 4.69) is 15.1 Å². The number of carbonyl (C=O) groups excluding carboxylic acids is 1. The van der Waals surface area contributed by atoms with E-state index >= 15 is 0 Å². The van der Waals surface area contributed by atoms with Crippen LogP contribution in [0.1, 0.15) is 38.5 Å². The van der Waals surface area contributed by atoms with Crippen LogP contribution in [0.2, 0.25) is 0 Å². The number of likely N-dealkylation sites (tertiary alicyclic amines) is 2. The fourth-order valence-electron chi connectivity index (χ4n) is 3.81. The molecule has 0 spiro atoms. The van der Waals surface area contributed by atoms with Crippen LogP contribution in [0.4, 0.5) is 0 Å². The minimum absolute atomic E-state index is 0.378. The smallest absolute Gasteiger partial charge is 0.224 e. The largest absolute Gasteiger partial charge is 0.342 e. The van der Waals surface area contributed by atoms with Gasteiger partial charge >= 0.3 is 0 Å². The number of nitrogens with zero attached hydrogens (tertiary/aromatic N) is 2. The molecule has 0 aromatic heterocycles. The van der Waals surface area contributed by atoms with E-state index in [0.717, 1.165) is 32.0 Å². The predicted molar refractivity (Wildman–Crippen MR) is 76.0 cm³/mol. The molecule has 19 heavy (non-hydrogen) atoms. The molecule has 0 bridgehead atoms. The maximum atomic E-state index is 12.3. The Bertz CT molecular complexity index is 309. The highest BCUT2D eigenvalue weighted by molar-refractivity contribution is 5.77. The van der Waals surface area contributed by atoms with Gasteiger partial charge in [-0.3, -0.25) is 4.79 Å². The fourth-order valence-corrected chi connectivity index (χ4v) is 3.81. The molecule has 0 aliphatic carbocycles. The van der Waals surface area contributed by atoms with Crippen molar-refractivity contribution in [3.63, 3.8) is 0 Å². The van der Waals surface area contributed by atoms with E-state index in [4.69, 9.17) is 0 Å². The van der Waals surface area contributed by atoms with Gasteiger partial charge in [0.25, 0.3) is 0 Å². The van der Waals surface area contributed by atoms with Crippen LogP contribution in [0.5, 0.6) is 0 Å². The summed E-state index contributed by atoms with van der Waals surface area (Å²) in [4.78, 5) is 16.9. The molecule has 4 heteroatoms. The maximum Gasteiger partial charge on any atom is 0.224 e. The van der Waals surface area contributed by atoms with E-state index in [9.17, 15) is 4.79 Å². The monoisotopic (exact) mass is 265 g/mol. The lowest BCUT2D eigenvalue weighted by Crippen LogP contribution is -2.35. The highest BCUT2D eigenvalue weighted by Gasteiger charge is 2.29. The highest BCUT2D eigenvalue weighted by atomic mass is 16.2. The van der Waals surface area contributed by atoms with Crippen molar-refractivity contribution in [2.75, 3.05) is 39.3 Å². The van der Waals surface area contributed by atoms with Crippen molar-refractivity contribution >= 4 is 5.91 Å². The van der Waals surface area contributed by atoms with Crippen molar-refractivity contribution in [2.24, 2.45) is 5.92 Å². The molecule has 4 nitrogen and oxygen atoms in total. The van der Waals surface area contributed by atoms with E-state index in [1.165, 1.54) is 51.7 Å². The second-order valence-electron chi connectivity index (χ2n) is 6.50. The average Bonchev–Trinajstić information content (AvgIpc) is 3.10. The highest BCUT2D eigenvalue weighted by Crippen LogP contribution is 2.21.